The van der Waals surface area contributed by atoms with Crippen LogP contribution in [-0.4, -0.2) is 27.4 Å². The third-order valence-electron chi connectivity index (χ3n) is 5.07. The van der Waals surface area contributed by atoms with E-state index in [2.05, 4.69) is 21.6 Å². The number of nitrogens with zero attached hydrogens (tertiary/aromatic N) is 3. The second-order valence-electron chi connectivity index (χ2n) is 7.19. The van der Waals surface area contributed by atoms with Gasteiger partial charge in [0, 0.05) is 16.3 Å². The highest BCUT2D eigenvalue weighted by Gasteiger charge is 2.42. The van der Waals surface area contributed by atoms with Crippen LogP contribution in [0.1, 0.15) is 19.8 Å². The maximum Gasteiger partial charge on any atom is 0.231 e. The third-order valence-corrected chi connectivity index (χ3v) is 6.05. The molecule has 0 spiro atoms. The molecular formula is C22H20N4OS. The Morgan fingerprint density at radius 3 is 2.50 bits per heavy atom. The van der Waals surface area contributed by atoms with Crippen LogP contribution in [-0.2, 0) is 4.79 Å². The van der Waals surface area contributed by atoms with Crippen molar-refractivity contribution in [1.29, 1.82) is 5.26 Å². The Morgan fingerprint density at radius 1 is 1.14 bits per heavy atom. The molecule has 1 aliphatic carbocycles. The first-order valence-electron chi connectivity index (χ1n) is 9.26. The summed E-state index contributed by atoms with van der Waals surface area (Å²) in [6.07, 6.45) is 1.99. The molecule has 0 saturated heterocycles. The van der Waals surface area contributed by atoms with Gasteiger partial charge in [-0.25, -0.2) is 0 Å². The Morgan fingerprint density at radius 2 is 1.82 bits per heavy atom. The van der Waals surface area contributed by atoms with E-state index in [1.165, 1.54) is 11.8 Å². The number of amides is 1. The highest BCUT2D eigenvalue weighted by molar-refractivity contribution is 8.00. The van der Waals surface area contributed by atoms with Crippen molar-refractivity contribution in [2.45, 2.75) is 30.3 Å². The minimum absolute atomic E-state index is 0.154. The smallest absolute Gasteiger partial charge is 0.231 e. The molecule has 6 heteroatoms. The lowest BCUT2D eigenvalue weighted by molar-refractivity contribution is -0.119. The number of fused-ring (bicyclic) bond motifs is 1. The molecule has 0 aliphatic heterocycles. The van der Waals surface area contributed by atoms with E-state index in [0.717, 1.165) is 39.9 Å². The molecule has 1 atom stereocenters. The highest BCUT2D eigenvalue weighted by Crippen LogP contribution is 2.39. The van der Waals surface area contributed by atoms with Gasteiger partial charge in [0.15, 0.2) is 0 Å². The van der Waals surface area contributed by atoms with Gasteiger partial charge >= 0.3 is 0 Å². The zero-order valence-corrected chi connectivity index (χ0v) is 16.4. The lowest BCUT2D eigenvalue weighted by Crippen LogP contribution is -2.47. The topological polar surface area (TPSA) is 78.7 Å². The number of benzene rings is 2. The standard InChI is InChI=1S/C22H20N4OS/c1-22(14-23,16-11-12-16)24-19(27)13-28-21-18-10-6-5-9-17(18)20(25-26-21)15-7-3-2-4-8-15/h2-10,16H,11-13H2,1H3,(H,24,27)/t22-/m1/s1. The van der Waals surface area contributed by atoms with Crippen LogP contribution in [0.15, 0.2) is 59.6 Å². The van der Waals surface area contributed by atoms with Crippen LogP contribution in [0.5, 0.6) is 0 Å². The highest BCUT2D eigenvalue weighted by atomic mass is 32.2. The minimum Gasteiger partial charge on any atom is -0.337 e. The van der Waals surface area contributed by atoms with Crippen molar-refractivity contribution < 1.29 is 4.79 Å². The summed E-state index contributed by atoms with van der Waals surface area (Å²) in [7, 11) is 0. The van der Waals surface area contributed by atoms with Gasteiger partial charge in [-0.3, -0.25) is 4.79 Å². The molecule has 1 aromatic heterocycles. The van der Waals surface area contributed by atoms with Gasteiger partial charge in [0.05, 0.1) is 11.8 Å². The van der Waals surface area contributed by atoms with E-state index in [1.807, 2.05) is 54.6 Å². The van der Waals surface area contributed by atoms with E-state index in [0.29, 0.717) is 0 Å². The SMILES string of the molecule is C[C@](C#N)(NC(=O)CSc1nnc(-c2ccccc2)c2ccccc12)C1CC1. The number of aromatic nitrogens is 2. The van der Waals surface area contributed by atoms with Gasteiger partial charge in [-0.05, 0) is 25.7 Å². The predicted molar refractivity (Wildman–Crippen MR) is 111 cm³/mol. The molecule has 28 heavy (non-hydrogen) atoms. The average molecular weight is 388 g/mol. The Bertz CT molecular complexity index is 1060. The van der Waals surface area contributed by atoms with Gasteiger partial charge < -0.3 is 5.32 Å². The summed E-state index contributed by atoms with van der Waals surface area (Å²) in [5, 5.41) is 23.8. The van der Waals surface area contributed by atoms with Gasteiger partial charge in [-0.1, -0.05) is 66.4 Å². The van der Waals surface area contributed by atoms with Crippen LogP contribution in [0.25, 0.3) is 22.0 Å². The van der Waals surface area contributed by atoms with Crippen molar-refractivity contribution in [2.75, 3.05) is 5.75 Å². The molecule has 3 aromatic rings. The van der Waals surface area contributed by atoms with E-state index < -0.39 is 5.54 Å². The van der Waals surface area contributed by atoms with Gasteiger partial charge in [0.1, 0.15) is 16.3 Å². The molecule has 0 radical (unpaired) electrons. The number of hydrogen-bond donors (Lipinski definition) is 1. The van der Waals surface area contributed by atoms with Crippen LogP contribution in [0.2, 0.25) is 0 Å². The molecule has 1 amide bonds. The van der Waals surface area contributed by atoms with E-state index in [-0.39, 0.29) is 17.6 Å². The average Bonchev–Trinajstić information content (AvgIpc) is 3.58. The van der Waals surface area contributed by atoms with Crippen LogP contribution in [0, 0.1) is 17.2 Å². The Labute approximate surface area is 168 Å². The van der Waals surface area contributed by atoms with E-state index in [1.54, 1.807) is 6.92 Å². The summed E-state index contributed by atoms with van der Waals surface area (Å²) >= 11 is 1.35. The molecule has 1 aliphatic rings. The van der Waals surface area contributed by atoms with E-state index in [9.17, 15) is 10.1 Å². The van der Waals surface area contributed by atoms with Gasteiger partial charge in [-0.15, -0.1) is 10.2 Å². The number of thioether (sulfide) groups is 1. The quantitative estimate of drug-likeness (QED) is 0.640. The molecule has 1 saturated carbocycles. The fourth-order valence-corrected chi connectivity index (χ4v) is 4.11. The molecule has 2 aromatic carbocycles. The van der Waals surface area contributed by atoms with Crippen molar-refractivity contribution in [1.82, 2.24) is 15.5 Å². The maximum absolute atomic E-state index is 12.4. The number of rotatable bonds is 6. The number of hydrogen-bond acceptors (Lipinski definition) is 5. The van der Waals surface area contributed by atoms with Crippen molar-refractivity contribution in [3.8, 4) is 17.3 Å². The molecule has 5 nitrogen and oxygen atoms in total. The number of carbonyl (C=O) groups excluding carboxylic acids is 1. The van der Waals surface area contributed by atoms with E-state index in [4.69, 9.17) is 0 Å². The first-order chi connectivity index (χ1) is 13.6. The summed E-state index contributed by atoms with van der Waals surface area (Å²) < 4.78 is 0. The third kappa shape index (κ3) is 3.71. The number of nitriles is 1. The first kappa shape index (κ1) is 18.5. The fourth-order valence-electron chi connectivity index (χ4n) is 3.34. The minimum atomic E-state index is -0.775. The fraction of sp³-hybridized carbons (Fsp3) is 0.273. The molecule has 1 N–H and O–H groups in total. The van der Waals surface area contributed by atoms with Crippen molar-refractivity contribution in [2.24, 2.45) is 5.92 Å². The molecular weight excluding hydrogens is 368 g/mol. The summed E-state index contributed by atoms with van der Waals surface area (Å²) in [6, 6.07) is 20.2. The molecule has 140 valence electrons. The van der Waals surface area contributed by atoms with Crippen LogP contribution in [0.3, 0.4) is 0 Å². The Kier molecular flexibility index (Phi) is 5.01. The second-order valence-corrected chi connectivity index (χ2v) is 8.15. The largest absolute Gasteiger partial charge is 0.337 e. The zero-order valence-electron chi connectivity index (χ0n) is 15.6. The molecule has 0 bridgehead atoms. The molecule has 0 unspecified atom stereocenters. The number of carbonyl (C=O) groups is 1. The Balaban J connectivity index is 1.55. The second kappa shape index (κ2) is 7.61. The monoisotopic (exact) mass is 388 g/mol. The molecule has 4 rings (SSSR count). The maximum atomic E-state index is 12.4. The normalized spacial score (nSPS) is 15.6. The van der Waals surface area contributed by atoms with Gasteiger partial charge in [0.25, 0.3) is 0 Å². The van der Waals surface area contributed by atoms with Gasteiger partial charge in [0.2, 0.25) is 5.91 Å². The summed E-state index contributed by atoms with van der Waals surface area (Å²) in [5.74, 6) is 0.309. The van der Waals surface area contributed by atoms with Crippen LogP contribution >= 0.6 is 11.8 Å². The first-order valence-corrected chi connectivity index (χ1v) is 10.3. The van der Waals surface area contributed by atoms with Crippen LogP contribution in [0.4, 0.5) is 0 Å². The summed E-state index contributed by atoms with van der Waals surface area (Å²) in [6.45, 7) is 1.80. The van der Waals surface area contributed by atoms with Crippen LogP contribution < -0.4 is 5.32 Å². The van der Waals surface area contributed by atoms with E-state index >= 15 is 0 Å². The van der Waals surface area contributed by atoms with Gasteiger partial charge in [-0.2, -0.15) is 5.26 Å². The molecule has 1 heterocycles. The lowest BCUT2D eigenvalue weighted by atomic mass is 9.98. The molecule has 1 fully saturated rings. The van der Waals surface area contributed by atoms with Crippen molar-refractivity contribution >= 4 is 28.4 Å². The number of nitrogens with one attached hydrogen (secondary N) is 1. The predicted octanol–water partition coefficient (Wildman–Crippen LogP) is 4.20. The summed E-state index contributed by atoms with van der Waals surface area (Å²) in [4.78, 5) is 12.4. The zero-order chi connectivity index (χ0) is 19.6. The lowest BCUT2D eigenvalue weighted by Gasteiger charge is -2.22. The van der Waals surface area contributed by atoms with Crippen molar-refractivity contribution in [3.63, 3.8) is 0 Å². The Hall–Kier alpha value is -2.91. The van der Waals surface area contributed by atoms with Crippen molar-refractivity contribution in [3.05, 3.63) is 54.6 Å². The summed E-state index contributed by atoms with van der Waals surface area (Å²) in [5.41, 5.74) is 1.06.